The van der Waals surface area contributed by atoms with Crippen LogP contribution in [0.3, 0.4) is 0 Å². The number of carboxylic acid groups (broad SMARTS) is 1. The molecule has 5 heteroatoms. The summed E-state index contributed by atoms with van der Waals surface area (Å²) in [6.45, 7) is 5.17. The second-order valence-corrected chi connectivity index (χ2v) is 5.83. The van der Waals surface area contributed by atoms with Crippen LogP contribution in [-0.4, -0.2) is 46.7 Å². The third-order valence-corrected chi connectivity index (χ3v) is 4.71. The van der Waals surface area contributed by atoms with E-state index in [1.165, 1.54) is 0 Å². The highest BCUT2D eigenvalue weighted by Gasteiger charge is 2.39. The molecule has 0 spiro atoms. The van der Waals surface area contributed by atoms with Crippen molar-refractivity contribution in [1.82, 2.24) is 4.90 Å². The van der Waals surface area contributed by atoms with Crippen molar-refractivity contribution in [1.29, 1.82) is 0 Å². The van der Waals surface area contributed by atoms with E-state index in [9.17, 15) is 14.7 Å². The fraction of sp³-hybridized carbons (Fsp3) is 0.867. The van der Waals surface area contributed by atoms with Gasteiger partial charge in [-0.2, -0.15) is 0 Å². The van der Waals surface area contributed by atoms with E-state index in [1.54, 1.807) is 4.90 Å². The van der Waals surface area contributed by atoms with Crippen molar-refractivity contribution in [3.05, 3.63) is 0 Å². The molecule has 0 aliphatic carbocycles. The van der Waals surface area contributed by atoms with Crippen LogP contribution in [0.1, 0.15) is 52.4 Å². The molecular weight excluding hydrogens is 258 g/mol. The fourth-order valence-electron chi connectivity index (χ4n) is 2.99. The van der Waals surface area contributed by atoms with E-state index < -0.39 is 11.4 Å². The van der Waals surface area contributed by atoms with Crippen LogP contribution in [0.2, 0.25) is 0 Å². The van der Waals surface area contributed by atoms with Gasteiger partial charge in [0.25, 0.3) is 0 Å². The number of hydrogen-bond donors (Lipinski definition) is 2. The Morgan fingerprint density at radius 3 is 2.45 bits per heavy atom. The quantitative estimate of drug-likeness (QED) is 0.749. The van der Waals surface area contributed by atoms with Gasteiger partial charge >= 0.3 is 5.97 Å². The summed E-state index contributed by atoms with van der Waals surface area (Å²) in [5, 5.41) is 18.4. The number of likely N-dealkylation sites (tertiary alicyclic amines) is 1. The third kappa shape index (κ3) is 3.95. The fourth-order valence-corrected chi connectivity index (χ4v) is 2.99. The molecule has 1 heterocycles. The number of carbonyl (C=O) groups excluding carboxylic acids is 1. The number of amides is 1. The Balaban J connectivity index is 2.67. The second kappa shape index (κ2) is 7.62. The predicted molar refractivity (Wildman–Crippen MR) is 76.3 cm³/mol. The molecule has 1 fully saturated rings. The molecule has 1 amide bonds. The maximum atomic E-state index is 12.4. The maximum Gasteiger partial charge on any atom is 0.310 e. The summed E-state index contributed by atoms with van der Waals surface area (Å²) < 4.78 is 0. The Hall–Kier alpha value is -1.10. The van der Waals surface area contributed by atoms with Crippen LogP contribution in [0.15, 0.2) is 0 Å². The van der Waals surface area contributed by atoms with Gasteiger partial charge in [-0.1, -0.05) is 13.8 Å². The maximum absolute atomic E-state index is 12.4. The number of aliphatic carboxylic acids is 1. The first kappa shape index (κ1) is 17.0. The van der Waals surface area contributed by atoms with Crippen LogP contribution in [0.25, 0.3) is 0 Å². The highest BCUT2D eigenvalue weighted by molar-refractivity contribution is 5.85. The van der Waals surface area contributed by atoms with Gasteiger partial charge in [-0.25, -0.2) is 0 Å². The van der Waals surface area contributed by atoms with Gasteiger partial charge in [0, 0.05) is 26.1 Å². The number of aliphatic hydroxyl groups excluding tert-OH is 1. The van der Waals surface area contributed by atoms with Crippen molar-refractivity contribution in [2.45, 2.75) is 52.4 Å². The zero-order chi connectivity index (χ0) is 15.2. The molecule has 1 atom stereocenters. The summed E-state index contributed by atoms with van der Waals surface area (Å²) in [7, 11) is 0. The number of hydrogen-bond acceptors (Lipinski definition) is 3. The zero-order valence-corrected chi connectivity index (χ0v) is 12.6. The molecule has 0 saturated carbocycles. The van der Waals surface area contributed by atoms with Gasteiger partial charge in [0.05, 0.1) is 5.41 Å². The predicted octanol–water partition coefficient (Wildman–Crippen LogP) is 1.89. The molecule has 1 aliphatic heterocycles. The Kier molecular flexibility index (Phi) is 6.46. The van der Waals surface area contributed by atoms with Gasteiger partial charge in [0.15, 0.2) is 0 Å². The van der Waals surface area contributed by atoms with Gasteiger partial charge in [-0.15, -0.1) is 0 Å². The van der Waals surface area contributed by atoms with E-state index in [-0.39, 0.29) is 18.9 Å². The number of carboxylic acids is 1. The van der Waals surface area contributed by atoms with Crippen molar-refractivity contribution >= 4 is 11.9 Å². The molecule has 1 aliphatic rings. The van der Waals surface area contributed by atoms with Crippen molar-refractivity contribution < 1.29 is 19.8 Å². The van der Waals surface area contributed by atoms with Crippen molar-refractivity contribution in [2.75, 3.05) is 19.7 Å². The number of carbonyl (C=O) groups is 2. The lowest BCUT2D eigenvalue weighted by Gasteiger charge is -2.35. The summed E-state index contributed by atoms with van der Waals surface area (Å²) >= 11 is 0. The Morgan fingerprint density at radius 1 is 1.30 bits per heavy atom. The van der Waals surface area contributed by atoms with E-state index in [0.29, 0.717) is 31.8 Å². The lowest BCUT2D eigenvalue weighted by molar-refractivity contribution is -0.154. The summed E-state index contributed by atoms with van der Waals surface area (Å²) in [6, 6.07) is 0. The van der Waals surface area contributed by atoms with Gasteiger partial charge < -0.3 is 15.1 Å². The highest BCUT2D eigenvalue weighted by atomic mass is 16.4. The summed E-state index contributed by atoms with van der Waals surface area (Å²) in [6.07, 6.45) is 3.72. The monoisotopic (exact) mass is 285 g/mol. The Bertz CT molecular complexity index is 337. The van der Waals surface area contributed by atoms with Crippen LogP contribution in [-0.2, 0) is 9.59 Å². The first-order valence-corrected chi connectivity index (χ1v) is 7.61. The molecule has 1 saturated heterocycles. The number of piperidine rings is 1. The molecule has 20 heavy (non-hydrogen) atoms. The van der Waals surface area contributed by atoms with E-state index in [2.05, 4.69) is 0 Å². The second-order valence-electron chi connectivity index (χ2n) is 5.83. The van der Waals surface area contributed by atoms with Crippen LogP contribution < -0.4 is 0 Å². The number of nitrogens with zero attached hydrogens (tertiary/aromatic N) is 1. The van der Waals surface area contributed by atoms with Crippen LogP contribution in [0, 0.1) is 11.3 Å². The van der Waals surface area contributed by atoms with Crippen LogP contribution in [0.4, 0.5) is 0 Å². The van der Waals surface area contributed by atoms with Gasteiger partial charge in [0.2, 0.25) is 5.91 Å². The third-order valence-electron chi connectivity index (χ3n) is 4.71. The smallest absolute Gasteiger partial charge is 0.310 e. The van der Waals surface area contributed by atoms with Crippen LogP contribution in [0.5, 0.6) is 0 Å². The molecular formula is C15H27NO4. The van der Waals surface area contributed by atoms with Crippen molar-refractivity contribution in [3.63, 3.8) is 0 Å². The highest BCUT2D eigenvalue weighted by Crippen LogP contribution is 2.32. The number of rotatable bonds is 7. The average Bonchev–Trinajstić information content (AvgIpc) is 2.45. The molecule has 116 valence electrons. The summed E-state index contributed by atoms with van der Waals surface area (Å²) in [5.74, 6) is -0.585. The lowest BCUT2D eigenvalue weighted by Crippen LogP contribution is -2.44. The molecule has 0 aromatic rings. The van der Waals surface area contributed by atoms with E-state index in [0.717, 1.165) is 19.3 Å². The minimum Gasteiger partial charge on any atom is -0.481 e. The topological polar surface area (TPSA) is 77.8 Å². The average molecular weight is 285 g/mol. The van der Waals surface area contributed by atoms with Crippen molar-refractivity contribution in [2.24, 2.45) is 11.3 Å². The molecule has 1 unspecified atom stereocenters. The molecule has 5 nitrogen and oxygen atoms in total. The first-order chi connectivity index (χ1) is 9.49. The lowest BCUT2D eigenvalue weighted by atomic mass is 9.78. The SMILES string of the molecule is CCC(CC)(CC(=O)N1CCCC(CCO)C1)C(=O)O. The minimum atomic E-state index is -0.930. The minimum absolute atomic E-state index is 0.0567. The molecule has 0 aromatic heterocycles. The number of aliphatic hydroxyl groups is 1. The molecule has 1 rings (SSSR count). The Labute approximate surface area is 121 Å². The summed E-state index contributed by atoms with van der Waals surface area (Å²) in [5.41, 5.74) is -0.930. The van der Waals surface area contributed by atoms with E-state index in [1.807, 2.05) is 13.8 Å². The van der Waals surface area contributed by atoms with Gasteiger partial charge in [-0.05, 0) is 38.0 Å². The van der Waals surface area contributed by atoms with E-state index in [4.69, 9.17) is 5.11 Å². The van der Waals surface area contributed by atoms with Gasteiger partial charge in [0.1, 0.15) is 0 Å². The van der Waals surface area contributed by atoms with Crippen molar-refractivity contribution in [3.8, 4) is 0 Å². The first-order valence-electron chi connectivity index (χ1n) is 7.61. The normalized spacial score (nSPS) is 19.9. The van der Waals surface area contributed by atoms with Crippen LogP contribution >= 0.6 is 0 Å². The van der Waals surface area contributed by atoms with E-state index >= 15 is 0 Å². The molecule has 0 bridgehead atoms. The zero-order valence-electron chi connectivity index (χ0n) is 12.6. The van der Waals surface area contributed by atoms with Gasteiger partial charge in [-0.3, -0.25) is 9.59 Å². The molecule has 0 radical (unpaired) electrons. The molecule has 2 N–H and O–H groups in total. The largest absolute Gasteiger partial charge is 0.481 e. The standard InChI is InChI=1S/C15H27NO4/c1-3-15(4-2,14(19)20)10-13(18)16-8-5-6-12(11-16)7-9-17/h12,17H,3-11H2,1-2H3,(H,19,20). The molecule has 0 aromatic carbocycles. The Morgan fingerprint density at radius 2 is 1.95 bits per heavy atom. The summed E-state index contributed by atoms with van der Waals surface area (Å²) in [4.78, 5) is 25.6.